The number of nitrogens with one attached hydrogen (secondary N) is 2. The second-order valence-electron chi connectivity index (χ2n) is 6.13. The molecule has 1 aromatic carbocycles. The number of para-hydroxylation sites is 1. The molecule has 0 bridgehead atoms. The summed E-state index contributed by atoms with van der Waals surface area (Å²) < 4.78 is 29.7. The molecule has 8 nitrogen and oxygen atoms in total. The molecule has 0 radical (unpaired) electrons. The van der Waals surface area contributed by atoms with E-state index in [1.807, 2.05) is 30.5 Å². The summed E-state index contributed by atoms with van der Waals surface area (Å²) >= 11 is 0. The van der Waals surface area contributed by atoms with Crippen LogP contribution in [0.1, 0.15) is 11.3 Å². The Morgan fingerprint density at radius 1 is 1.12 bits per heavy atom. The normalized spacial score (nSPS) is 12.0. The van der Waals surface area contributed by atoms with Crippen molar-refractivity contribution in [3.05, 3.63) is 62.6 Å². The van der Waals surface area contributed by atoms with Crippen molar-refractivity contribution < 1.29 is 8.42 Å². The van der Waals surface area contributed by atoms with Crippen LogP contribution < -0.4 is 16.0 Å². The van der Waals surface area contributed by atoms with Crippen molar-refractivity contribution in [3.8, 4) is 0 Å². The van der Waals surface area contributed by atoms with Crippen molar-refractivity contribution in [1.82, 2.24) is 18.8 Å². The first-order chi connectivity index (χ1) is 12.2. The summed E-state index contributed by atoms with van der Waals surface area (Å²) in [5.74, 6) is 0. The highest BCUT2D eigenvalue weighted by atomic mass is 32.2. The number of nitrogens with zero attached hydrogens (tertiary/aromatic N) is 2. The lowest BCUT2D eigenvalue weighted by Crippen LogP contribution is -2.43. The van der Waals surface area contributed by atoms with Crippen LogP contribution in [-0.2, 0) is 30.5 Å². The zero-order chi connectivity index (χ0) is 19.1. The number of benzene rings is 1. The summed E-state index contributed by atoms with van der Waals surface area (Å²) in [5, 5.41) is 1.03. The number of aromatic amines is 1. The van der Waals surface area contributed by atoms with Crippen LogP contribution in [0, 0.1) is 6.92 Å². The van der Waals surface area contributed by atoms with Gasteiger partial charge in [0.25, 0.3) is 5.56 Å². The van der Waals surface area contributed by atoms with Gasteiger partial charge in [-0.15, -0.1) is 0 Å². The Morgan fingerprint density at radius 3 is 2.54 bits per heavy atom. The van der Waals surface area contributed by atoms with E-state index in [4.69, 9.17) is 0 Å². The average Bonchev–Trinajstić information content (AvgIpc) is 3.01. The Labute approximate surface area is 150 Å². The molecular formula is C17H20N4O4S. The molecule has 0 atom stereocenters. The monoisotopic (exact) mass is 376 g/mol. The van der Waals surface area contributed by atoms with Crippen LogP contribution in [0.4, 0.5) is 0 Å². The van der Waals surface area contributed by atoms with Gasteiger partial charge >= 0.3 is 5.69 Å². The van der Waals surface area contributed by atoms with Gasteiger partial charge in [0.2, 0.25) is 10.0 Å². The fourth-order valence-corrected chi connectivity index (χ4v) is 4.36. The molecule has 9 heteroatoms. The van der Waals surface area contributed by atoms with Crippen LogP contribution in [0.25, 0.3) is 10.9 Å². The lowest BCUT2D eigenvalue weighted by Gasteiger charge is -2.13. The van der Waals surface area contributed by atoms with E-state index < -0.39 is 26.2 Å². The maximum Gasteiger partial charge on any atom is 0.330 e. The summed E-state index contributed by atoms with van der Waals surface area (Å²) in [6.07, 6.45) is 2.31. The number of hydrogen-bond donors (Lipinski definition) is 2. The predicted molar refractivity (Wildman–Crippen MR) is 98.9 cm³/mol. The standard InChI is InChI=1S/C17H20N4O4S/c1-11-15(16(22)21(3)17(23)20(11)2)26(24,25)19-9-8-12-10-18-14-7-5-4-6-13(12)14/h4-7,10,18-19H,8-9H2,1-3H3. The van der Waals surface area contributed by atoms with Crippen LogP contribution in [0.2, 0.25) is 0 Å². The van der Waals surface area contributed by atoms with E-state index in [9.17, 15) is 18.0 Å². The van der Waals surface area contributed by atoms with Crippen molar-refractivity contribution >= 4 is 20.9 Å². The highest BCUT2D eigenvalue weighted by Crippen LogP contribution is 2.18. The van der Waals surface area contributed by atoms with Gasteiger partial charge in [-0.05, 0) is 25.0 Å². The number of H-pyrrole nitrogens is 1. The fourth-order valence-electron chi connectivity index (χ4n) is 2.95. The number of aromatic nitrogens is 3. The lowest BCUT2D eigenvalue weighted by atomic mass is 10.1. The topological polar surface area (TPSA) is 106 Å². The van der Waals surface area contributed by atoms with Crippen LogP contribution in [0.5, 0.6) is 0 Å². The number of hydrogen-bond acceptors (Lipinski definition) is 4. The molecule has 0 amide bonds. The van der Waals surface area contributed by atoms with Crippen molar-refractivity contribution in [2.75, 3.05) is 6.54 Å². The van der Waals surface area contributed by atoms with Gasteiger partial charge in [-0.1, -0.05) is 18.2 Å². The first-order valence-corrected chi connectivity index (χ1v) is 9.53. The van der Waals surface area contributed by atoms with Gasteiger partial charge in [0, 0.05) is 43.4 Å². The number of fused-ring (bicyclic) bond motifs is 1. The average molecular weight is 376 g/mol. The summed E-state index contributed by atoms with van der Waals surface area (Å²) in [5.41, 5.74) is 0.676. The van der Waals surface area contributed by atoms with Gasteiger partial charge < -0.3 is 4.98 Å². The minimum atomic E-state index is -4.04. The van der Waals surface area contributed by atoms with Crippen molar-refractivity contribution in [1.29, 1.82) is 0 Å². The van der Waals surface area contributed by atoms with Gasteiger partial charge in [-0.3, -0.25) is 13.9 Å². The van der Waals surface area contributed by atoms with Crippen LogP contribution in [0.15, 0.2) is 44.9 Å². The maximum absolute atomic E-state index is 12.6. The van der Waals surface area contributed by atoms with E-state index in [2.05, 4.69) is 9.71 Å². The van der Waals surface area contributed by atoms with E-state index in [1.165, 1.54) is 21.0 Å². The third kappa shape index (κ3) is 2.99. The van der Waals surface area contributed by atoms with Crippen LogP contribution in [-0.4, -0.2) is 29.1 Å². The molecule has 0 aliphatic rings. The summed E-state index contributed by atoms with van der Waals surface area (Å²) in [7, 11) is -1.35. The molecular weight excluding hydrogens is 356 g/mol. The zero-order valence-electron chi connectivity index (χ0n) is 14.7. The van der Waals surface area contributed by atoms with E-state index in [0.29, 0.717) is 6.42 Å². The van der Waals surface area contributed by atoms with Gasteiger partial charge in [-0.2, -0.15) is 0 Å². The molecule has 0 saturated carbocycles. The fraction of sp³-hybridized carbons (Fsp3) is 0.294. The summed E-state index contributed by atoms with van der Waals surface area (Å²) in [4.78, 5) is 26.9. The predicted octanol–water partition coefficient (Wildman–Crippen LogP) is 0.395. The second kappa shape index (κ2) is 6.58. The Kier molecular flexibility index (Phi) is 4.59. The largest absolute Gasteiger partial charge is 0.361 e. The lowest BCUT2D eigenvalue weighted by molar-refractivity contribution is 0.566. The highest BCUT2D eigenvalue weighted by molar-refractivity contribution is 7.89. The molecule has 2 aromatic heterocycles. The Hall–Kier alpha value is -2.65. The molecule has 3 rings (SSSR count). The number of sulfonamides is 1. The van der Waals surface area contributed by atoms with Crippen molar-refractivity contribution in [2.24, 2.45) is 14.1 Å². The first-order valence-electron chi connectivity index (χ1n) is 8.05. The van der Waals surface area contributed by atoms with E-state index in [-0.39, 0.29) is 12.2 Å². The van der Waals surface area contributed by atoms with Gasteiger partial charge in [0.05, 0.1) is 0 Å². The van der Waals surface area contributed by atoms with Gasteiger partial charge in [-0.25, -0.2) is 17.9 Å². The van der Waals surface area contributed by atoms with Crippen LogP contribution >= 0.6 is 0 Å². The smallest absolute Gasteiger partial charge is 0.330 e. The molecule has 3 aromatic rings. The molecule has 0 saturated heterocycles. The zero-order valence-corrected chi connectivity index (χ0v) is 15.6. The van der Waals surface area contributed by atoms with E-state index in [0.717, 1.165) is 25.6 Å². The Bertz CT molecular complexity index is 1200. The van der Waals surface area contributed by atoms with Gasteiger partial charge in [0.1, 0.15) is 0 Å². The highest BCUT2D eigenvalue weighted by Gasteiger charge is 2.24. The van der Waals surface area contributed by atoms with E-state index >= 15 is 0 Å². The molecule has 26 heavy (non-hydrogen) atoms. The third-order valence-electron chi connectivity index (χ3n) is 4.53. The third-order valence-corrected chi connectivity index (χ3v) is 6.13. The summed E-state index contributed by atoms with van der Waals surface area (Å²) in [6, 6.07) is 7.74. The minimum Gasteiger partial charge on any atom is -0.361 e. The Morgan fingerprint density at radius 2 is 1.81 bits per heavy atom. The molecule has 0 aliphatic heterocycles. The van der Waals surface area contributed by atoms with Crippen LogP contribution in [0.3, 0.4) is 0 Å². The molecule has 0 unspecified atom stereocenters. The minimum absolute atomic E-state index is 0.109. The first kappa shape index (κ1) is 18.2. The van der Waals surface area contributed by atoms with Gasteiger partial charge in [0.15, 0.2) is 4.90 Å². The molecule has 0 spiro atoms. The molecule has 2 N–H and O–H groups in total. The SMILES string of the molecule is Cc1c(S(=O)(=O)NCCc2c[nH]c3ccccc23)c(=O)n(C)c(=O)n1C. The molecule has 138 valence electrons. The Balaban J connectivity index is 1.87. The molecule has 0 aliphatic carbocycles. The maximum atomic E-state index is 12.6. The second-order valence-corrected chi connectivity index (χ2v) is 7.83. The molecule has 2 heterocycles. The molecule has 0 fully saturated rings. The summed E-state index contributed by atoms with van der Waals surface area (Å²) in [6.45, 7) is 1.58. The van der Waals surface area contributed by atoms with E-state index in [1.54, 1.807) is 0 Å². The quantitative estimate of drug-likeness (QED) is 0.672. The number of rotatable bonds is 5. The van der Waals surface area contributed by atoms with Crippen molar-refractivity contribution in [3.63, 3.8) is 0 Å². The van der Waals surface area contributed by atoms with Crippen molar-refractivity contribution in [2.45, 2.75) is 18.2 Å².